The van der Waals surface area contributed by atoms with Crippen molar-refractivity contribution in [3.63, 3.8) is 0 Å². The molecule has 2 fully saturated rings. The summed E-state index contributed by atoms with van der Waals surface area (Å²) in [5.41, 5.74) is 3.02. The Morgan fingerprint density at radius 2 is 1.97 bits per heavy atom. The van der Waals surface area contributed by atoms with Crippen LogP contribution < -0.4 is 15.1 Å². The molecule has 8 nitrogen and oxygen atoms in total. The molecule has 31 heavy (non-hydrogen) atoms. The molecule has 3 aromatic rings. The van der Waals surface area contributed by atoms with E-state index in [2.05, 4.69) is 26.4 Å². The number of anilines is 3. The lowest BCUT2D eigenvalue weighted by atomic mass is 10.1. The second kappa shape index (κ2) is 8.19. The van der Waals surface area contributed by atoms with Gasteiger partial charge < -0.3 is 20.2 Å². The molecule has 1 amide bonds. The van der Waals surface area contributed by atoms with E-state index in [0.29, 0.717) is 12.2 Å². The van der Waals surface area contributed by atoms with Crippen molar-refractivity contribution in [2.24, 2.45) is 7.05 Å². The first kappa shape index (κ1) is 19.8. The number of piperidine rings is 1. The van der Waals surface area contributed by atoms with Gasteiger partial charge in [0.15, 0.2) is 0 Å². The summed E-state index contributed by atoms with van der Waals surface area (Å²) in [5, 5.41) is 18.5. The number of aromatic nitrogens is 3. The lowest BCUT2D eigenvalue weighted by molar-refractivity contribution is 0.102. The van der Waals surface area contributed by atoms with Gasteiger partial charge in [-0.3, -0.25) is 9.48 Å². The molecule has 1 aromatic carbocycles. The smallest absolute Gasteiger partial charge is 0.274 e. The highest BCUT2D eigenvalue weighted by molar-refractivity contribution is 6.06. The van der Waals surface area contributed by atoms with E-state index in [9.17, 15) is 9.90 Å². The van der Waals surface area contributed by atoms with Crippen molar-refractivity contribution in [2.75, 3.05) is 41.3 Å². The van der Waals surface area contributed by atoms with Gasteiger partial charge in [0.05, 0.1) is 23.0 Å². The number of hydrogen-bond acceptors (Lipinski definition) is 6. The van der Waals surface area contributed by atoms with Gasteiger partial charge in [0.1, 0.15) is 11.5 Å². The molecule has 2 aliphatic heterocycles. The lowest BCUT2D eigenvalue weighted by Gasteiger charge is -2.30. The van der Waals surface area contributed by atoms with E-state index in [4.69, 9.17) is 0 Å². The molecule has 0 aliphatic carbocycles. The average Bonchev–Trinajstić information content (AvgIpc) is 3.38. The quantitative estimate of drug-likeness (QED) is 0.675. The van der Waals surface area contributed by atoms with Crippen molar-refractivity contribution in [1.29, 1.82) is 0 Å². The highest BCUT2D eigenvalue weighted by Gasteiger charge is 2.23. The molecule has 1 unspecified atom stereocenters. The Balaban J connectivity index is 1.44. The predicted octanol–water partition coefficient (Wildman–Crippen LogP) is 2.78. The molecule has 8 heteroatoms. The summed E-state index contributed by atoms with van der Waals surface area (Å²) < 4.78 is 1.80. The number of β-amino-alcohol motifs (C(OH)–C–C–N with tert-alkyl or cyclic N) is 1. The first-order valence-electron chi connectivity index (χ1n) is 11.0. The Morgan fingerprint density at radius 1 is 1.13 bits per heavy atom. The number of aliphatic hydroxyl groups is 1. The van der Waals surface area contributed by atoms with Crippen LogP contribution in [0.5, 0.6) is 0 Å². The molecule has 1 atom stereocenters. The summed E-state index contributed by atoms with van der Waals surface area (Å²) >= 11 is 0. The number of rotatable bonds is 4. The SMILES string of the molecule is Cn1cc2cc(N3CCCCC3)c(NC(=O)c3cccc(N4CCC(O)C4)n3)cc2n1. The van der Waals surface area contributed by atoms with Crippen molar-refractivity contribution < 1.29 is 9.90 Å². The largest absolute Gasteiger partial charge is 0.391 e. The lowest BCUT2D eigenvalue weighted by Crippen LogP contribution is -2.30. The monoisotopic (exact) mass is 420 g/mol. The van der Waals surface area contributed by atoms with Crippen LogP contribution in [0, 0.1) is 0 Å². The summed E-state index contributed by atoms with van der Waals surface area (Å²) in [5.74, 6) is 0.482. The van der Waals surface area contributed by atoms with Gasteiger partial charge in [0, 0.05) is 44.8 Å². The predicted molar refractivity (Wildman–Crippen MR) is 122 cm³/mol. The number of nitrogens with one attached hydrogen (secondary N) is 1. The molecule has 2 aliphatic rings. The fourth-order valence-electron chi connectivity index (χ4n) is 4.54. The van der Waals surface area contributed by atoms with Crippen LogP contribution in [0.2, 0.25) is 0 Å². The first-order chi connectivity index (χ1) is 15.1. The standard InChI is InChI=1S/C23H28N6O2/c1-27-14-16-12-21(28-9-3-2-4-10-28)20(13-19(16)26-27)25-23(31)18-6-5-7-22(24-18)29-11-8-17(30)15-29/h5-7,12-14,17,30H,2-4,8-11,15H2,1H3,(H,25,31). The number of hydrogen-bond donors (Lipinski definition) is 2. The maximum atomic E-state index is 13.1. The van der Waals surface area contributed by atoms with Gasteiger partial charge in [-0.25, -0.2) is 4.98 Å². The van der Waals surface area contributed by atoms with Gasteiger partial charge in [-0.15, -0.1) is 0 Å². The molecule has 162 valence electrons. The Kier molecular flexibility index (Phi) is 5.23. The van der Waals surface area contributed by atoms with E-state index in [1.807, 2.05) is 36.3 Å². The molecule has 2 saturated heterocycles. The third kappa shape index (κ3) is 4.07. The molecule has 2 aromatic heterocycles. The number of amides is 1. The second-order valence-electron chi connectivity index (χ2n) is 8.50. The van der Waals surface area contributed by atoms with Crippen molar-refractivity contribution in [3.05, 3.63) is 42.2 Å². The van der Waals surface area contributed by atoms with Crippen molar-refractivity contribution in [1.82, 2.24) is 14.8 Å². The number of pyridine rings is 1. The van der Waals surface area contributed by atoms with Gasteiger partial charge in [0.2, 0.25) is 0 Å². The molecule has 2 N–H and O–H groups in total. The first-order valence-corrected chi connectivity index (χ1v) is 11.0. The topological polar surface area (TPSA) is 86.5 Å². The van der Waals surface area contributed by atoms with E-state index >= 15 is 0 Å². The molecular weight excluding hydrogens is 392 g/mol. The number of aryl methyl sites for hydroxylation is 1. The van der Waals surface area contributed by atoms with Crippen LogP contribution in [-0.4, -0.2) is 58.1 Å². The van der Waals surface area contributed by atoms with Gasteiger partial charge in [-0.05, 0) is 49.9 Å². The molecule has 0 bridgehead atoms. The molecule has 0 saturated carbocycles. The van der Waals surface area contributed by atoms with Crippen LogP contribution in [0.4, 0.5) is 17.2 Å². The van der Waals surface area contributed by atoms with E-state index in [1.54, 1.807) is 10.7 Å². The summed E-state index contributed by atoms with van der Waals surface area (Å²) in [6.07, 6.45) is 5.95. The van der Waals surface area contributed by atoms with Crippen molar-refractivity contribution >= 4 is 34.0 Å². The highest BCUT2D eigenvalue weighted by Crippen LogP contribution is 2.33. The molecule has 0 spiro atoms. The Hall–Kier alpha value is -3.13. The van der Waals surface area contributed by atoms with Gasteiger partial charge in [-0.2, -0.15) is 5.10 Å². The van der Waals surface area contributed by atoms with E-state index in [0.717, 1.165) is 67.0 Å². The van der Waals surface area contributed by atoms with Crippen LogP contribution in [-0.2, 0) is 7.05 Å². The minimum Gasteiger partial charge on any atom is -0.391 e. The van der Waals surface area contributed by atoms with E-state index in [-0.39, 0.29) is 12.0 Å². The van der Waals surface area contributed by atoms with Crippen molar-refractivity contribution in [2.45, 2.75) is 31.8 Å². The zero-order valence-electron chi connectivity index (χ0n) is 17.8. The average molecular weight is 421 g/mol. The van der Waals surface area contributed by atoms with E-state index < -0.39 is 0 Å². The Bertz CT molecular complexity index is 1100. The fraction of sp³-hybridized carbons (Fsp3) is 0.435. The number of aliphatic hydroxyl groups excluding tert-OH is 1. The third-order valence-corrected chi connectivity index (χ3v) is 6.14. The van der Waals surface area contributed by atoms with Crippen LogP contribution >= 0.6 is 0 Å². The zero-order chi connectivity index (χ0) is 21.4. The van der Waals surface area contributed by atoms with Crippen LogP contribution in [0.25, 0.3) is 10.9 Å². The Morgan fingerprint density at radius 3 is 2.74 bits per heavy atom. The summed E-state index contributed by atoms with van der Waals surface area (Å²) in [6.45, 7) is 3.27. The third-order valence-electron chi connectivity index (χ3n) is 6.14. The fourth-order valence-corrected chi connectivity index (χ4v) is 4.54. The van der Waals surface area contributed by atoms with Gasteiger partial charge in [0.25, 0.3) is 5.91 Å². The maximum absolute atomic E-state index is 13.1. The zero-order valence-corrected chi connectivity index (χ0v) is 17.8. The summed E-state index contributed by atoms with van der Waals surface area (Å²) in [6, 6.07) is 9.53. The van der Waals surface area contributed by atoms with Gasteiger partial charge >= 0.3 is 0 Å². The molecule has 0 radical (unpaired) electrons. The highest BCUT2D eigenvalue weighted by atomic mass is 16.3. The Labute approximate surface area is 181 Å². The summed E-state index contributed by atoms with van der Waals surface area (Å²) in [7, 11) is 1.91. The molecule has 4 heterocycles. The van der Waals surface area contributed by atoms with Crippen LogP contribution in [0.15, 0.2) is 36.5 Å². The van der Waals surface area contributed by atoms with Crippen LogP contribution in [0.3, 0.4) is 0 Å². The summed E-state index contributed by atoms with van der Waals surface area (Å²) in [4.78, 5) is 22.1. The van der Waals surface area contributed by atoms with E-state index in [1.165, 1.54) is 6.42 Å². The molecular formula is C23H28N6O2. The maximum Gasteiger partial charge on any atom is 0.274 e. The van der Waals surface area contributed by atoms with Crippen molar-refractivity contribution in [3.8, 4) is 0 Å². The van der Waals surface area contributed by atoms with Gasteiger partial charge in [-0.1, -0.05) is 6.07 Å². The minimum atomic E-state index is -0.337. The number of benzene rings is 1. The molecule has 5 rings (SSSR count). The normalized spacial score (nSPS) is 19.2. The number of carbonyl (C=O) groups excluding carboxylic acids is 1. The number of nitrogens with zero attached hydrogens (tertiary/aromatic N) is 5. The second-order valence-corrected chi connectivity index (χ2v) is 8.50. The number of fused-ring (bicyclic) bond motifs is 1. The van der Waals surface area contributed by atoms with Crippen LogP contribution in [0.1, 0.15) is 36.2 Å². The number of carbonyl (C=O) groups is 1. The minimum absolute atomic E-state index is 0.241.